The number of hydrogen-bond donors (Lipinski definition) is 0. The summed E-state index contributed by atoms with van der Waals surface area (Å²) in [4.78, 5) is 0. The summed E-state index contributed by atoms with van der Waals surface area (Å²) in [6.45, 7) is 3.61. The highest BCUT2D eigenvalue weighted by Gasteiger charge is 2.08. The van der Waals surface area contributed by atoms with Crippen LogP contribution in [-0.2, 0) is 0 Å². The van der Waals surface area contributed by atoms with E-state index in [4.69, 9.17) is 0 Å². The number of halogens is 2. The lowest BCUT2D eigenvalue weighted by atomic mass is 10.0. The van der Waals surface area contributed by atoms with Gasteiger partial charge in [0.1, 0.15) is 0 Å². The fraction of sp³-hybridized carbons (Fsp3) is 0.0909. The molecule has 0 fully saturated rings. The molecule has 0 aliphatic carbocycles. The van der Waals surface area contributed by atoms with Crippen LogP contribution < -0.4 is 0 Å². The first-order valence-electron chi connectivity index (χ1n) is 7.84. The van der Waals surface area contributed by atoms with Crippen LogP contribution in [0.3, 0.4) is 0 Å². The molecule has 0 spiro atoms. The number of aryl methyl sites for hydroxylation is 2. The number of benzene rings is 3. The van der Waals surface area contributed by atoms with Crippen LogP contribution in [0.25, 0.3) is 23.3 Å². The first kappa shape index (κ1) is 16.1. The quantitative estimate of drug-likeness (QED) is 0.488. The van der Waals surface area contributed by atoms with Gasteiger partial charge in [0.2, 0.25) is 0 Å². The molecule has 3 aromatic carbocycles. The molecule has 0 N–H and O–H groups in total. The highest BCUT2D eigenvalue weighted by molar-refractivity contribution is 5.72. The standard InChI is InChI=1S/C22H18F2/c1-15-3-9-18(10-4-15)19-12-6-17(7-13-19)8-14-20-11-5-16(2)21(23)22(20)24/h3-14H,1-2H3. The summed E-state index contributed by atoms with van der Waals surface area (Å²) in [7, 11) is 0. The van der Waals surface area contributed by atoms with Crippen molar-refractivity contribution in [3.8, 4) is 11.1 Å². The van der Waals surface area contributed by atoms with E-state index in [1.807, 2.05) is 24.3 Å². The second-order valence-corrected chi connectivity index (χ2v) is 5.92. The fourth-order valence-corrected chi connectivity index (χ4v) is 2.51. The summed E-state index contributed by atoms with van der Waals surface area (Å²) >= 11 is 0. The van der Waals surface area contributed by atoms with Gasteiger partial charge in [-0.1, -0.05) is 78.4 Å². The van der Waals surface area contributed by atoms with Crippen LogP contribution >= 0.6 is 0 Å². The van der Waals surface area contributed by atoms with E-state index in [9.17, 15) is 8.78 Å². The highest BCUT2D eigenvalue weighted by atomic mass is 19.2. The van der Waals surface area contributed by atoms with Gasteiger partial charge in [-0.3, -0.25) is 0 Å². The lowest BCUT2D eigenvalue weighted by Gasteiger charge is -2.04. The minimum Gasteiger partial charge on any atom is -0.203 e. The third-order valence-corrected chi connectivity index (χ3v) is 4.06. The molecule has 0 bridgehead atoms. The van der Waals surface area contributed by atoms with E-state index in [0.717, 1.165) is 16.7 Å². The van der Waals surface area contributed by atoms with Crippen molar-refractivity contribution in [3.63, 3.8) is 0 Å². The predicted molar refractivity (Wildman–Crippen MR) is 96.6 cm³/mol. The Bertz CT molecular complexity index is 873. The van der Waals surface area contributed by atoms with Crippen LogP contribution in [0.15, 0.2) is 60.7 Å². The van der Waals surface area contributed by atoms with Crippen molar-refractivity contribution in [2.45, 2.75) is 13.8 Å². The van der Waals surface area contributed by atoms with Crippen molar-refractivity contribution < 1.29 is 8.78 Å². The fourth-order valence-electron chi connectivity index (χ4n) is 2.51. The molecular weight excluding hydrogens is 302 g/mol. The van der Waals surface area contributed by atoms with Crippen LogP contribution in [-0.4, -0.2) is 0 Å². The Labute approximate surface area is 141 Å². The van der Waals surface area contributed by atoms with Gasteiger partial charge >= 0.3 is 0 Å². The Hall–Kier alpha value is -2.74. The molecule has 2 heteroatoms. The molecular formula is C22H18F2. The van der Waals surface area contributed by atoms with Gasteiger partial charge in [-0.2, -0.15) is 0 Å². The van der Waals surface area contributed by atoms with Gasteiger partial charge in [0.25, 0.3) is 0 Å². The Morgan fingerprint density at radius 2 is 1.21 bits per heavy atom. The van der Waals surface area contributed by atoms with Gasteiger partial charge in [-0.25, -0.2) is 8.78 Å². The first-order chi connectivity index (χ1) is 11.5. The van der Waals surface area contributed by atoms with Crippen LogP contribution in [0.1, 0.15) is 22.3 Å². The van der Waals surface area contributed by atoms with Crippen molar-refractivity contribution >= 4 is 12.2 Å². The van der Waals surface area contributed by atoms with Crippen LogP contribution in [0.2, 0.25) is 0 Å². The summed E-state index contributed by atoms with van der Waals surface area (Å²) < 4.78 is 27.4. The molecule has 0 saturated heterocycles. The molecule has 0 saturated carbocycles. The molecule has 120 valence electrons. The lowest BCUT2D eigenvalue weighted by Crippen LogP contribution is -1.91. The normalized spacial score (nSPS) is 11.2. The van der Waals surface area contributed by atoms with Crippen molar-refractivity contribution in [1.82, 2.24) is 0 Å². The van der Waals surface area contributed by atoms with Crippen LogP contribution in [0, 0.1) is 25.5 Å². The second kappa shape index (κ2) is 6.79. The maximum atomic E-state index is 13.9. The molecule has 3 rings (SSSR count). The van der Waals surface area contributed by atoms with Crippen LogP contribution in [0.4, 0.5) is 8.78 Å². The molecule has 0 unspecified atom stereocenters. The molecule has 0 atom stereocenters. The minimum absolute atomic E-state index is 0.251. The van der Waals surface area contributed by atoms with E-state index in [-0.39, 0.29) is 5.56 Å². The molecule has 0 nitrogen and oxygen atoms in total. The van der Waals surface area contributed by atoms with Crippen molar-refractivity contribution in [1.29, 1.82) is 0 Å². The maximum Gasteiger partial charge on any atom is 0.166 e. The van der Waals surface area contributed by atoms with E-state index in [2.05, 4.69) is 31.2 Å². The zero-order valence-electron chi connectivity index (χ0n) is 13.7. The molecule has 0 aliphatic rings. The Balaban J connectivity index is 1.81. The topological polar surface area (TPSA) is 0 Å². The average Bonchev–Trinajstić information content (AvgIpc) is 2.60. The molecule has 0 heterocycles. The predicted octanol–water partition coefficient (Wildman–Crippen LogP) is 6.42. The molecule has 0 radical (unpaired) electrons. The number of hydrogen-bond acceptors (Lipinski definition) is 0. The Kier molecular flexibility index (Phi) is 4.57. The third-order valence-electron chi connectivity index (χ3n) is 4.06. The summed E-state index contributed by atoms with van der Waals surface area (Å²) in [6.07, 6.45) is 3.38. The summed E-state index contributed by atoms with van der Waals surface area (Å²) in [5, 5.41) is 0. The van der Waals surface area contributed by atoms with Gasteiger partial charge in [0.05, 0.1) is 0 Å². The maximum absolute atomic E-state index is 13.9. The van der Waals surface area contributed by atoms with E-state index in [0.29, 0.717) is 5.56 Å². The molecule has 0 aromatic heterocycles. The minimum atomic E-state index is -0.803. The van der Waals surface area contributed by atoms with Gasteiger partial charge in [-0.15, -0.1) is 0 Å². The van der Waals surface area contributed by atoms with Gasteiger partial charge in [-0.05, 0) is 36.1 Å². The SMILES string of the molecule is Cc1ccc(-c2ccc(C=Cc3ccc(C)c(F)c3F)cc2)cc1. The summed E-state index contributed by atoms with van der Waals surface area (Å²) in [6, 6.07) is 19.5. The largest absolute Gasteiger partial charge is 0.203 e. The smallest absolute Gasteiger partial charge is 0.166 e. The average molecular weight is 320 g/mol. The summed E-state index contributed by atoms with van der Waals surface area (Å²) in [5.41, 5.74) is 5.01. The third kappa shape index (κ3) is 3.43. The van der Waals surface area contributed by atoms with E-state index >= 15 is 0 Å². The van der Waals surface area contributed by atoms with Crippen molar-refractivity contribution in [2.75, 3.05) is 0 Å². The zero-order chi connectivity index (χ0) is 17.1. The lowest BCUT2D eigenvalue weighted by molar-refractivity contribution is 0.501. The molecule has 3 aromatic rings. The number of rotatable bonds is 3. The molecule has 0 amide bonds. The van der Waals surface area contributed by atoms with Gasteiger partial charge in [0.15, 0.2) is 11.6 Å². The Morgan fingerprint density at radius 3 is 1.83 bits per heavy atom. The Morgan fingerprint density at radius 1 is 0.625 bits per heavy atom. The van der Waals surface area contributed by atoms with Gasteiger partial charge in [0, 0.05) is 5.56 Å². The van der Waals surface area contributed by atoms with Crippen molar-refractivity contribution in [3.05, 3.63) is 94.6 Å². The van der Waals surface area contributed by atoms with E-state index in [1.165, 1.54) is 5.56 Å². The zero-order valence-corrected chi connectivity index (χ0v) is 13.7. The van der Waals surface area contributed by atoms with Crippen LogP contribution in [0.5, 0.6) is 0 Å². The highest BCUT2D eigenvalue weighted by Crippen LogP contribution is 2.22. The van der Waals surface area contributed by atoms with Crippen molar-refractivity contribution in [2.24, 2.45) is 0 Å². The monoisotopic (exact) mass is 320 g/mol. The molecule has 24 heavy (non-hydrogen) atoms. The summed E-state index contributed by atoms with van der Waals surface area (Å²) in [5.74, 6) is -1.59. The molecule has 0 aliphatic heterocycles. The van der Waals surface area contributed by atoms with Gasteiger partial charge < -0.3 is 0 Å². The van der Waals surface area contributed by atoms with E-state index < -0.39 is 11.6 Å². The van der Waals surface area contributed by atoms with E-state index in [1.54, 1.807) is 31.2 Å². The second-order valence-electron chi connectivity index (χ2n) is 5.92. The first-order valence-corrected chi connectivity index (χ1v) is 7.84.